The molecule has 1 aromatic rings. The van der Waals surface area contributed by atoms with Crippen molar-refractivity contribution in [2.45, 2.75) is 43.4 Å². The van der Waals surface area contributed by atoms with Crippen LogP contribution in [0.5, 0.6) is 0 Å². The van der Waals surface area contributed by atoms with Gasteiger partial charge in [0.15, 0.2) is 0 Å². The highest BCUT2D eigenvalue weighted by molar-refractivity contribution is 8.01. The Morgan fingerprint density at radius 3 is 2.44 bits per heavy atom. The van der Waals surface area contributed by atoms with E-state index < -0.39 is 10.7 Å². The number of carboxylic acids is 1. The Labute approximate surface area is 100 Å². The largest absolute Gasteiger partial charge is 0.480 e. The molecule has 0 radical (unpaired) electrons. The summed E-state index contributed by atoms with van der Waals surface area (Å²) < 4.78 is 1.00. The van der Waals surface area contributed by atoms with E-state index in [1.165, 1.54) is 11.8 Å². The topological polar surface area (TPSA) is 55.1 Å². The highest BCUT2D eigenvalue weighted by Gasteiger charge is 2.37. The Hall–Kier alpha value is -0.970. The van der Waals surface area contributed by atoms with E-state index in [0.717, 1.165) is 10.7 Å². The van der Waals surface area contributed by atoms with Crippen LogP contribution in [0.15, 0.2) is 11.1 Å². The van der Waals surface area contributed by atoms with E-state index in [0.29, 0.717) is 12.8 Å². The minimum Gasteiger partial charge on any atom is -0.480 e. The summed E-state index contributed by atoms with van der Waals surface area (Å²) in [7, 11) is 1.84. The molecule has 0 aliphatic heterocycles. The highest BCUT2D eigenvalue weighted by Crippen LogP contribution is 2.38. The quantitative estimate of drug-likeness (QED) is 0.806. The fourth-order valence-corrected chi connectivity index (χ4v) is 2.80. The fourth-order valence-electron chi connectivity index (χ4n) is 1.62. The molecular formula is C11H18N2O2S. The lowest BCUT2D eigenvalue weighted by atomic mass is 10.0. The third kappa shape index (κ3) is 2.40. The average molecular weight is 242 g/mol. The molecule has 1 rings (SSSR count). The highest BCUT2D eigenvalue weighted by atomic mass is 32.2. The Morgan fingerprint density at radius 2 is 2.12 bits per heavy atom. The summed E-state index contributed by atoms with van der Waals surface area (Å²) in [6.07, 6.45) is 1.21. The molecule has 0 aliphatic carbocycles. The first-order valence-corrected chi connectivity index (χ1v) is 6.20. The number of thioether (sulfide) groups is 1. The van der Waals surface area contributed by atoms with Crippen LogP contribution < -0.4 is 0 Å². The van der Waals surface area contributed by atoms with Gasteiger partial charge >= 0.3 is 5.97 Å². The number of rotatable bonds is 5. The van der Waals surface area contributed by atoms with Gasteiger partial charge in [-0.3, -0.25) is 9.48 Å². The standard InChI is InChI=1S/C11H18N2O2S/c1-5-11(6-2,10(14)15)16-9-7-8(3)12-13(9)4/h7H,5-6H2,1-4H3,(H,14,15). The summed E-state index contributed by atoms with van der Waals surface area (Å²) in [6, 6.07) is 1.92. The average Bonchev–Trinajstić information content (AvgIpc) is 2.53. The van der Waals surface area contributed by atoms with E-state index in [9.17, 15) is 9.90 Å². The normalized spacial score (nSPS) is 11.8. The molecule has 0 atom stereocenters. The third-order valence-electron chi connectivity index (χ3n) is 2.79. The van der Waals surface area contributed by atoms with Crippen molar-refractivity contribution >= 4 is 17.7 Å². The molecule has 1 N–H and O–H groups in total. The zero-order valence-electron chi connectivity index (χ0n) is 10.1. The maximum atomic E-state index is 11.4. The van der Waals surface area contributed by atoms with E-state index in [-0.39, 0.29) is 0 Å². The van der Waals surface area contributed by atoms with Crippen LogP contribution in [-0.4, -0.2) is 25.6 Å². The van der Waals surface area contributed by atoms with E-state index in [1.54, 1.807) is 4.68 Å². The maximum Gasteiger partial charge on any atom is 0.320 e. The van der Waals surface area contributed by atoms with Crippen LogP contribution in [0.25, 0.3) is 0 Å². The molecule has 0 amide bonds. The Bertz CT molecular complexity index is 383. The van der Waals surface area contributed by atoms with Gasteiger partial charge in [0.05, 0.1) is 10.7 Å². The van der Waals surface area contributed by atoms with Crippen molar-refractivity contribution in [3.05, 3.63) is 11.8 Å². The van der Waals surface area contributed by atoms with Crippen LogP contribution in [0.4, 0.5) is 0 Å². The second-order valence-electron chi connectivity index (χ2n) is 3.86. The first-order valence-electron chi connectivity index (χ1n) is 5.38. The Morgan fingerprint density at radius 1 is 1.56 bits per heavy atom. The number of carbonyl (C=O) groups is 1. The van der Waals surface area contributed by atoms with Crippen molar-refractivity contribution in [2.24, 2.45) is 7.05 Å². The van der Waals surface area contributed by atoms with Crippen LogP contribution in [-0.2, 0) is 11.8 Å². The van der Waals surface area contributed by atoms with Crippen LogP contribution in [0.3, 0.4) is 0 Å². The minimum absolute atomic E-state index is 0.605. The molecule has 0 aromatic carbocycles. The van der Waals surface area contributed by atoms with Crippen molar-refractivity contribution in [1.82, 2.24) is 9.78 Å². The first-order chi connectivity index (χ1) is 7.45. The van der Waals surface area contributed by atoms with Gasteiger partial charge in [-0.1, -0.05) is 25.6 Å². The Balaban J connectivity index is 3.00. The fraction of sp³-hybridized carbons (Fsp3) is 0.636. The van der Waals surface area contributed by atoms with Gasteiger partial charge in [0.1, 0.15) is 4.75 Å². The van der Waals surface area contributed by atoms with Gasteiger partial charge in [-0.05, 0) is 25.8 Å². The lowest BCUT2D eigenvalue weighted by Gasteiger charge is -2.25. The number of nitrogens with zero attached hydrogens (tertiary/aromatic N) is 2. The Kier molecular flexibility index (Phi) is 4.02. The SMILES string of the molecule is CCC(CC)(Sc1cc(C)nn1C)C(=O)O. The van der Waals surface area contributed by atoms with Gasteiger partial charge in [-0.2, -0.15) is 5.10 Å². The van der Waals surface area contributed by atoms with E-state index in [1.807, 2.05) is 33.9 Å². The van der Waals surface area contributed by atoms with Crippen molar-refractivity contribution in [3.63, 3.8) is 0 Å². The first kappa shape index (κ1) is 13.1. The van der Waals surface area contributed by atoms with Crippen LogP contribution in [0.1, 0.15) is 32.4 Å². The zero-order chi connectivity index (χ0) is 12.3. The molecular weight excluding hydrogens is 224 g/mol. The summed E-state index contributed by atoms with van der Waals surface area (Å²) in [4.78, 5) is 11.4. The molecule has 0 saturated heterocycles. The zero-order valence-corrected chi connectivity index (χ0v) is 11.0. The lowest BCUT2D eigenvalue weighted by molar-refractivity contribution is -0.140. The minimum atomic E-state index is -0.749. The maximum absolute atomic E-state index is 11.4. The van der Waals surface area contributed by atoms with Crippen LogP contribution in [0.2, 0.25) is 0 Å². The predicted molar refractivity (Wildman–Crippen MR) is 64.8 cm³/mol. The lowest BCUT2D eigenvalue weighted by Crippen LogP contribution is -2.33. The van der Waals surface area contributed by atoms with Crippen molar-refractivity contribution in [3.8, 4) is 0 Å². The molecule has 0 spiro atoms. The summed E-state index contributed by atoms with van der Waals surface area (Å²) in [5.74, 6) is -0.749. The van der Waals surface area contributed by atoms with Crippen LogP contribution >= 0.6 is 11.8 Å². The monoisotopic (exact) mass is 242 g/mol. The molecule has 0 bridgehead atoms. The molecule has 0 fully saturated rings. The number of hydrogen-bond donors (Lipinski definition) is 1. The van der Waals surface area contributed by atoms with Gasteiger partial charge in [-0.25, -0.2) is 0 Å². The molecule has 4 nitrogen and oxygen atoms in total. The predicted octanol–water partition coefficient (Wildman–Crippen LogP) is 2.46. The molecule has 0 unspecified atom stereocenters. The van der Waals surface area contributed by atoms with Gasteiger partial charge < -0.3 is 5.11 Å². The molecule has 16 heavy (non-hydrogen) atoms. The van der Waals surface area contributed by atoms with Crippen molar-refractivity contribution < 1.29 is 9.90 Å². The van der Waals surface area contributed by atoms with Crippen molar-refractivity contribution in [1.29, 1.82) is 0 Å². The van der Waals surface area contributed by atoms with E-state index in [2.05, 4.69) is 5.10 Å². The van der Waals surface area contributed by atoms with Gasteiger partial charge in [0.25, 0.3) is 0 Å². The molecule has 0 saturated carbocycles. The number of hydrogen-bond acceptors (Lipinski definition) is 3. The molecule has 5 heteroatoms. The second-order valence-corrected chi connectivity index (χ2v) is 5.26. The number of aliphatic carboxylic acids is 1. The summed E-state index contributed by atoms with van der Waals surface area (Å²) in [5, 5.41) is 14.5. The summed E-state index contributed by atoms with van der Waals surface area (Å²) in [6.45, 7) is 5.73. The van der Waals surface area contributed by atoms with Gasteiger partial charge in [-0.15, -0.1) is 0 Å². The van der Waals surface area contributed by atoms with E-state index >= 15 is 0 Å². The summed E-state index contributed by atoms with van der Waals surface area (Å²) >= 11 is 1.39. The second kappa shape index (κ2) is 4.91. The summed E-state index contributed by atoms with van der Waals surface area (Å²) in [5.41, 5.74) is 0.913. The van der Waals surface area contributed by atoms with Crippen molar-refractivity contribution in [2.75, 3.05) is 0 Å². The molecule has 1 heterocycles. The number of aromatic nitrogens is 2. The smallest absolute Gasteiger partial charge is 0.320 e. The van der Waals surface area contributed by atoms with Gasteiger partial charge in [0, 0.05) is 7.05 Å². The molecule has 90 valence electrons. The van der Waals surface area contributed by atoms with Gasteiger partial charge in [0.2, 0.25) is 0 Å². The molecule has 1 aromatic heterocycles. The third-order valence-corrected chi connectivity index (χ3v) is 4.52. The molecule has 0 aliphatic rings. The number of aryl methyl sites for hydroxylation is 2. The number of carboxylic acid groups (broad SMARTS) is 1. The van der Waals surface area contributed by atoms with E-state index in [4.69, 9.17) is 0 Å². The van der Waals surface area contributed by atoms with Crippen LogP contribution in [0, 0.1) is 6.92 Å².